The molecule has 1 aromatic rings. The van der Waals surface area contributed by atoms with Crippen LogP contribution in [0.15, 0.2) is 30.0 Å². The van der Waals surface area contributed by atoms with Crippen LogP contribution in [0.5, 0.6) is 0 Å². The number of pyridine rings is 1. The zero-order valence-electron chi connectivity index (χ0n) is 9.36. The quantitative estimate of drug-likeness (QED) is 0.609. The molecule has 0 bridgehead atoms. The van der Waals surface area contributed by atoms with Gasteiger partial charge >= 0.3 is 5.97 Å². The fourth-order valence-corrected chi connectivity index (χ4v) is 1.60. The maximum absolute atomic E-state index is 11.3. The lowest BCUT2D eigenvalue weighted by atomic mass is 10.2. The lowest BCUT2D eigenvalue weighted by Crippen LogP contribution is -2.01. The maximum atomic E-state index is 11.3. The summed E-state index contributed by atoms with van der Waals surface area (Å²) < 4.78 is 5.02. The zero-order valence-corrected chi connectivity index (χ0v) is 9.36. The van der Waals surface area contributed by atoms with Crippen LogP contribution in [0.4, 0.5) is 5.82 Å². The van der Waals surface area contributed by atoms with E-state index in [4.69, 9.17) is 4.74 Å². The van der Waals surface area contributed by atoms with Gasteiger partial charge < -0.3 is 10.1 Å². The molecule has 2 heterocycles. The van der Waals surface area contributed by atoms with E-state index in [0.29, 0.717) is 12.0 Å². The molecule has 0 aromatic carbocycles. The number of aryl methyl sites for hydroxylation is 1. The number of hydrogen-bond donors (Lipinski definition) is 1. The molecule has 0 amide bonds. The SMILES string of the molecule is Cc1cccc(N/C=C2/C[C@H](C)OC2=O)n1. The molecule has 4 nitrogen and oxygen atoms in total. The number of anilines is 1. The zero-order chi connectivity index (χ0) is 11.5. The van der Waals surface area contributed by atoms with Gasteiger partial charge in [-0.25, -0.2) is 9.78 Å². The Labute approximate surface area is 94.3 Å². The molecule has 1 aliphatic heterocycles. The number of carbonyl (C=O) groups excluding carboxylic acids is 1. The van der Waals surface area contributed by atoms with E-state index < -0.39 is 0 Å². The Morgan fingerprint density at radius 2 is 2.38 bits per heavy atom. The van der Waals surface area contributed by atoms with Gasteiger partial charge in [-0.2, -0.15) is 0 Å². The monoisotopic (exact) mass is 218 g/mol. The van der Waals surface area contributed by atoms with Gasteiger partial charge in [0, 0.05) is 18.3 Å². The maximum Gasteiger partial charge on any atom is 0.335 e. The topological polar surface area (TPSA) is 51.2 Å². The highest BCUT2D eigenvalue weighted by atomic mass is 16.5. The third-order valence-electron chi connectivity index (χ3n) is 2.36. The van der Waals surface area contributed by atoms with Gasteiger partial charge in [-0.05, 0) is 26.0 Å². The molecule has 1 fully saturated rings. The first-order valence-corrected chi connectivity index (χ1v) is 5.25. The molecule has 0 aliphatic carbocycles. The molecule has 1 atom stereocenters. The number of ether oxygens (including phenoxy) is 1. The van der Waals surface area contributed by atoms with E-state index in [-0.39, 0.29) is 12.1 Å². The standard InChI is InChI=1S/C12H14N2O2/c1-8-4-3-5-11(14-8)13-7-10-6-9(2)16-12(10)15/h3-5,7,9H,6H2,1-2H3,(H,13,14)/b10-7-/t9-/m0/s1. The molecular weight excluding hydrogens is 204 g/mol. The van der Waals surface area contributed by atoms with Gasteiger partial charge in [0.05, 0.1) is 5.57 Å². The van der Waals surface area contributed by atoms with Crippen molar-refractivity contribution in [1.82, 2.24) is 4.98 Å². The molecule has 1 N–H and O–H groups in total. The van der Waals surface area contributed by atoms with E-state index in [1.54, 1.807) is 6.20 Å². The van der Waals surface area contributed by atoms with E-state index in [2.05, 4.69) is 10.3 Å². The van der Waals surface area contributed by atoms with Gasteiger partial charge in [0.2, 0.25) is 0 Å². The molecule has 0 saturated carbocycles. The van der Waals surface area contributed by atoms with Crippen molar-refractivity contribution in [2.24, 2.45) is 0 Å². The molecule has 2 rings (SSSR count). The van der Waals surface area contributed by atoms with Gasteiger partial charge in [-0.3, -0.25) is 0 Å². The third-order valence-corrected chi connectivity index (χ3v) is 2.36. The van der Waals surface area contributed by atoms with Crippen LogP contribution >= 0.6 is 0 Å². The van der Waals surface area contributed by atoms with Gasteiger partial charge in [-0.1, -0.05) is 6.07 Å². The van der Waals surface area contributed by atoms with Crippen LogP contribution in [0.3, 0.4) is 0 Å². The van der Waals surface area contributed by atoms with Crippen molar-refractivity contribution in [3.8, 4) is 0 Å². The number of carbonyl (C=O) groups is 1. The van der Waals surface area contributed by atoms with E-state index in [1.165, 1.54) is 0 Å². The van der Waals surface area contributed by atoms with Crippen molar-refractivity contribution in [3.63, 3.8) is 0 Å². The molecule has 1 saturated heterocycles. The number of rotatable bonds is 2. The van der Waals surface area contributed by atoms with Gasteiger partial charge in [0.15, 0.2) is 0 Å². The Morgan fingerprint density at radius 1 is 1.56 bits per heavy atom. The summed E-state index contributed by atoms with van der Waals surface area (Å²) in [5, 5.41) is 3.00. The molecule has 16 heavy (non-hydrogen) atoms. The first-order valence-electron chi connectivity index (χ1n) is 5.25. The van der Waals surface area contributed by atoms with E-state index in [1.807, 2.05) is 32.0 Å². The smallest absolute Gasteiger partial charge is 0.335 e. The number of hydrogen-bond acceptors (Lipinski definition) is 4. The van der Waals surface area contributed by atoms with Crippen LogP contribution in [0.25, 0.3) is 0 Å². The van der Waals surface area contributed by atoms with Crippen LogP contribution < -0.4 is 5.32 Å². The normalized spacial score (nSPS) is 22.2. The first-order chi connectivity index (χ1) is 7.65. The van der Waals surface area contributed by atoms with E-state index >= 15 is 0 Å². The Bertz CT molecular complexity index is 440. The summed E-state index contributed by atoms with van der Waals surface area (Å²) in [5.41, 5.74) is 1.60. The predicted octanol–water partition coefficient (Wildman–Crippen LogP) is 2.02. The number of nitrogens with zero attached hydrogens (tertiary/aromatic N) is 1. The summed E-state index contributed by atoms with van der Waals surface area (Å²) in [5.74, 6) is 0.493. The Kier molecular flexibility index (Phi) is 2.90. The average Bonchev–Trinajstić information content (AvgIpc) is 2.54. The lowest BCUT2D eigenvalue weighted by molar-refractivity contribution is -0.138. The van der Waals surface area contributed by atoms with Crippen LogP contribution in [0.2, 0.25) is 0 Å². The first kappa shape index (κ1) is 10.7. The van der Waals surface area contributed by atoms with Crippen molar-refractivity contribution < 1.29 is 9.53 Å². The van der Waals surface area contributed by atoms with Crippen molar-refractivity contribution in [3.05, 3.63) is 35.7 Å². The molecule has 84 valence electrons. The fourth-order valence-electron chi connectivity index (χ4n) is 1.60. The number of esters is 1. The van der Waals surface area contributed by atoms with Crippen molar-refractivity contribution >= 4 is 11.8 Å². The van der Waals surface area contributed by atoms with Crippen LogP contribution in [0, 0.1) is 6.92 Å². The predicted molar refractivity (Wildman–Crippen MR) is 60.9 cm³/mol. The number of nitrogens with one attached hydrogen (secondary N) is 1. The molecule has 0 spiro atoms. The van der Waals surface area contributed by atoms with Gasteiger partial charge in [0.1, 0.15) is 11.9 Å². The lowest BCUT2D eigenvalue weighted by Gasteiger charge is -2.00. The fraction of sp³-hybridized carbons (Fsp3) is 0.333. The second kappa shape index (κ2) is 4.35. The van der Waals surface area contributed by atoms with Gasteiger partial charge in [-0.15, -0.1) is 0 Å². The molecule has 0 radical (unpaired) electrons. The Morgan fingerprint density at radius 3 is 3.00 bits per heavy atom. The third kappa shape index (κ3) is 2.39. The minimum atomic E-state index is -0.243. The Balaban J connectivity index is 2.06. The van der Waals surface area contributed by atoms with Crippen molar-refractivity contribution in [2.45, 2.75) is 26.4 Å². The summed E-state index contributed by atoms with van der Waals surface area (Å²) in [4.78, 5) is 15.6. The molecule has 4 heteroatoms. The van der Waals surface area contributed by atoms with Gasteiger partial charge in [0.25, 0.3) is 0 Å². The average molecular weight is 218 g/mol. The van der Waals surface area contributed by atoms with Crippen LogP contribution in [-0.4, -0.2) is 17.1 Å². The molecule has 1 aromatic heterocycles. The highest BCUT2D eigenvalue weighted by Crippen LogP contribution is 2.19. The summed E-state index contributed by atoms with van der Waals surface area (Å²) >= 11 is 0. The minimum absolute atomic E-state index is 0.0222. The number of aromatic nitrogens is 1. The molecule has 1 aliphatic rings. The van der Waals surface area contributed by atoms with E-state index in [0.717, 1.165) is 11.5 Å². The molecular formula is C12H14N2O2. The highest BCUT2D eigenvalue weighted by molar-refractivity contribution is 5.90. The summed E-state index contributed by atoms with van der Waals surface area (Å²) in [6, 6.07) is 5.69. The molecule has 0 unspecified atom stereocenters. The highest BCUT2D eigenvalue weighted by Gasteiger charge is 2.25. The summed E-state index contributed by atoms with van der Waals surface area (Å²) in [6.45, 7) is 3.80. The van der Waals surface area contributed by atoms with Crippen molar-refractivity contribution in [1.29, 1.82) is 0 Å². The minimum Gasteiger partial charge on any atom is -0.459 e. The number of cyclic esters (lactones) is 1. The van der Waals surface area contributed by atoms with E-state index in [9.17, 15) is 4.79 Å². The Hall–Kier alpha value is -1.84. The van der Waals surface area contributed by atoms with Crippen LogP contribution in [0.1, 0.15) is 19.0 Å². The van der Waals surface area contributed by atoms with Crippen molar-refractivity contribution in [2.75, 3.05) is 5.32 Å². The second-order valence-corrected chi connectivity index (χ2v) is 3.90. The summed E-state index contributed by atoms with van der Waals surface area (Å²) in [6.07, 6.45) is 2.30. The largest absolute Gasteiger partial charge is 0.459 e. The summed E-state index contributed by atoms with van der Waals surface area (Å²) in [7, 11) is 0. The second-order valence-electron chi connectivity index (χ2n) is 3.90. The van der Waals surface area contributed by atoms with Crippen LogP contribution in [-0.2, 0) is 9.53 Å².